The van der Waals surface area contributed by atoms with Gasteiger partial charge in [0.05, 0.1) is 12.7 Å². The SMILES string of the molecule is COC(=O)COc1ccc(/C=C(/C#N)C(N)=S)cc1. The normalized spacial score (nSPS) is 10.4. The fourth-order valence-corrected chi connectivity index (χ4v) is 1.29. The number of hydrogen-bond acceptors (Lipinski definition) is 5. The van der Waals surface area contributed by atoms with Crippen molar-refractivity contribution in [2.75, 3.05) is 13.7 Å². The molecule has 0 amide bonds. The number of nitrogens with zero attached hydrogens (tertiary/aromatic N) is 1. The summed E-state index contributed by atoms with van der Waals surface area (Å²) in [6, 6.07) is 8.70. The van der Waals surface area contributed by atoms with Crippen LogP contribution in [0.2, 0.25) is 0 Å². The van der Waals surface area contributed by atoms with Gasteiger partial charge in [-0.05, 0) is 23.8 Å². The van der Waals surface area contributed by atoms with Gasteiger partial charge in [0.15, 0.2) is 6.61 Å². The molecule has 2 N–H and O–H groups in total. The average Bonchev–Trinajstić information content (AvgIpc) is 2.42. The molecule has 98 valence electrons. The second kappa shape index (κ2) is 7.13. The number of nitriles is 1. The molecular formula is C13H12N2O3S. The van der Waals surface area contributed by atoms with E-state index in [1.165, 1.54) is 7.11 Å². The summed E-state index contributed by atoms with van der Waals surface area (Å²) in [5, 5.41) is 8.82. The number of carbonyl (C=O) groups is 1. The number of rotatable bonds is 5. The van der Waals surface area contributed by atoms with Crippen molar-refractivity contribution >= 4 is 29.3 Å². The van der Waals surface area contributed by atoms with Crippen molar-refractivity contribution in [3.05, 3.63) is 35.4 Å². The Balaban J connectivity index is 2.74. The van der Waals surface area contributed by atoms with Gasteiger partial charge in [-0.2, -0.15) is 5.26 Å². The van der Waals surface area contributed by atoms with Crippen LogP contribution in [0.15, 0.2) is 29.8 Å². The number of nitrogens with two attached hydrogens (primary N) is 1. The van der Waals surface area contributed by atoms with Crippen LogP contribution in [0.1, 0.15) is 5.56 Å². The van der Waals surface area contributed by atoms with Gasteiger partial charge in [-0.15, -0.1) is 0 Å². The summed E-state index contributed by atoms with van der Waals surface area (Å²) in [6.07, 6.45) is 1.58. The van der Waals surface area contributed by atoms with E-state index in [-0.39, 0.29) is 17.2 Å². The van der Waals surface area contributed by atoms with Crippen molar-refractivity contribution in [3.8, 4) is 11.8 Å². The van der Waals surface area contributed by atoms with Crippen molar-refractivity contribution in [3.63, 3.8) is 0 Å². The second-order valence-corrected chi connectivity index (χ2v) is 3.91. The van der Waals surface area contributed by atoms with Crippen LogP contribution in [0.25, 0.3) is 6.08 Å². The monoisotopic (exact) mass is 276 g/mol. The zero-order valence-electron chi connectivity index (χ0n) is 10.3. The minimum absolute atomic E-state index is 0.0496. The second-order valence-electron chi connectivity index (χ2n) is 3.47. The highest BCUT2D eigenvalue weighted by Gasteiger charge is 2.02. The molecular weight excluding hydrogens is 264 g/mol. The van der Waals surface area contributed by atoms with Crippen LogP contribution in [0.5, 0.6) is 5.75 Å². The lowest BCUT2D eigenvalue weighted by Crippen LogP contribution is -2.12. The first-order valence-electron chi connectivity index (χ1n) is 5.28. The molecule has 0 bridgehead atoms. The lowest BCUT2D eigenvalue weighted by molar-refractivity contribution is -0.142. The van der Waals surface area contributed by atoms with Crippen LogP contribution in [-0.2, 0) is 9.53 Å². The fraction of sp³-hybridized carbons (Fsp3) is 0.154. The molecule has 0 atom stereocenters. The third-order valence-electron chi connectivity index (χ3n) is 2.16. The van der Waals surface area contributed by atoms with Crippen LogP contribution in [0, 0.1) is 11.3 Å². The number of benzene rings is 1. The number of ether oxygens (including phenoxy) is 2. The van der Waals surface area contributed by atoms with Crippen molar-refractivity contribution in [2.45, 2.75) is 0 Å². The Hall–Kier alpha value is -2.39. The summed E-state index contributed by atoms with van der Waals surface area (Å²) in [7, 11) is 1.29. The zero-order chi connectivity index (χ0) is 14.3. The van der Waals surface area contributed by atoms with E-state index in [1.54, 1.807) is 30.3 Å². The van der Waals surface area contributed by atoms with Gasteiger partial charge in [0.2, 0.25) is 0 Å². The highest BCUT2D eigenvalue weighted by molar-refractivity contribution is 7.80. The summed E-state index contributed by atoms with van der Waals surface area (Å²) < 4.78 is 9.63. The van der Waals surface area contributed by atoms with E-state index in [0.717, 1.165) is 5.56 Å². The molecule has 1 rings (SSSR count). The summed E-state index contributed by atoms with van der Waals surface area (Å²) in [5.41, 5.74) is 6.38. The topological polar surface area (TPSA) is 85.3 Å². The van der Waals surface area contributed by atoms with Crippen LogP contribution in [0.3, 0.4) is 0 Å². The predicted molar refractivity (Wildman–Crippen MR) is 74.3 cm³/mol. The molecule has 0 saturated heterocycles. The molecule has 1 aromatic carbocycles. The minimum Gasteiger partial charge on any atom is -0.482 e. The molecule has 0 spiro atoms. The average molecular weight is 276 g/mol. The summed E-state index contributed by atoms with van der Waals surface area (Å²) in [5.74, 6) is 0.0700. The summed E-state index contributed by atoms with van der Waals surface area (Å²) in [4.78, 5) is 10.9. The van der Waals surface area contributed by atoms with E-state index >= 15 is 0 Å². The Kier molecular flexibility index (Phi) is 5.51. The molecule has 0 aromatic heterocycles. The molecule has 0 fully saturated rings. The first-order chi connectivity index (χ1) is 9.06. The third-order valence-corrected chi connectivity index (χ3v) is 2.38. The molecule has 0 aliphatic rings. The van der Waals surface area contributed by atoms with Gasteiger partial charge in [0.25, 0.3) is 0 Å². The maximum Gasteiger partial charge on any atom is 0.343 e. The van der Waals surface area contributed by atoms with Crippen LogP contribution in [-0.4, -0.2) is 24.7 Å². The van der Waals surface area contributed by atoms with Gasteiger partial charge in [0, 0.05) is 0 Å². The van der Waals surface area contributed by atoms with Gasteiger partial charge < -0.3 is 15.2 Å². The molecule has 0 aliphatic carbocycles. The van der Waals surface area contributed by atoms with Gasteiger partial charge in [-0.3, -0.25) is 0 Å². The molecule has 0 heterocycles. The lowest BCUT2D eigenvalue weighted by atomic mass is 10.1. The quantitative estimate of drug-likeness (QED) is 0.379. The first kappa shape index (κ1) is 14.7. The smallest absolute Gasteiger partial charge is 0.343 e. The number of thiocarbonyl (C=S) groups is 1. The van der Waals surface area contributed by atoms with E-state index in [1.807, 2.05) is 6.07 Å². The number of methoxy groups -OCH3 is 1. The summed E-state index contributed by atoms with van der Waals surface area (Å²) in [6.45, 7) is -0.151. The standard InChI is InChI=1S/C13H12N2O3S/c1-17-12(16)8-18-11-4-2-9(3-5-11)6-10(7-14)13(15)19/h2-6H,8H2,1H3,(H2,15,19)/b10-6-. The van der Waals surface area contributed by atoms with Crippen molar-refractivity contribution in [1.29, 1.82) is 5.26 Å². The van der Waals surface area contributed by atoms with E-state index in [0.29, 0.717) is 5.75 Å². The van der Waals surface area contributed by atoms with Crippen molar-refractivity contribution < 1.29 is 14.3 Å². The zero-order valence-corrected chi connectivity index (χ0v) is 11.1. The highest BCUT2D eigenvalue weighted by Crippen LogP contribution is 2.14. The largest absolute Gasteiger partial charge is 0.482 e. The van der Waals surface area contributed by atoms with E-state index in [2.05, 4.69) is 4.74 Å². The molecule has 19 heavy (non-hydrogen) atoms. The van der Waals surface area contributed by atoms with E-state index in [4.69, 9.17) is 28.0 Å². The van der Waals surface area contributed by atoms with Crippen LogP contribution >= 0.6 is 12.2 Å². The molecule has 6 heteroatoms. The van der Waals surface area contributed by atoms with Crippen molar-refractivity contribution in [1.82, 2.24) is 0 Å². The molecule has 0 saturated carbocycles. The Morgan fingerprint density at radius 3 is 2.58 bits per heavy atom. The maximum absolute atomic E-state index is 10.9. The predicted octanol–water partition coefficient (Wildman–Crippen LogP) is 1.43. The lowest BCUT2D eigenvalue weighted by Gasteiger charge is -2.04. The fourth-order valence-electron chi connectivity index (χ4n) is 1.19. The Bertz CT molecular complexity index is 544. The maximum atomic E-state index is 10.9. The van der Waals surface area contributed by atoms with Crippen LogP contribution in [0.4, 0.5) is 0 Å². The molecule has 0 unspecified atom stereocenters. The molecule has 1 aromatic rings. The van der Waals surface area contributed by atoms with Gasteiger partial charge in [-0.1, -0.05) is 24.4 Å². The third kappa shape index (κ3) is 4.77. The van der Waals surface area contributed by atoms with Gasteiger partial charge >= 0.3 is 5.97 Å². The first-order valence-corrected chi connectivity index (χ1v) is 5.69. The Morgan fingerprint density at radius 2 is 2.11 bits per heavy atom. The van der Waals surface area contributed by atoms with Gasteiger partial charge in [-0.25, -0.2) is 4.79 Å². The Morgan fingerprint density at radius 1 is 1.47 bits per heavy atom. The van der Waals surface area contributed by atoms with Gasteiger partial charge in [0.1, 0.15) is 16.8 Å². The number of esters is 1. The highest BCUT2D eigenvalue weighted by atomic mass is 32.1. The van der Waals surface area contributed by atoms with E-state index < -0.39 is 5.97 Å². The van der Waals surface area contributed by atoms with Crippen molar-refractivity contribution in [2.24, 2.45) is 5.73 Å². The van der Waals surface area contributed by atoms with E-state index in [9.17, 15) is 4.79 Å². The number of carbonyl (C=O) groups excluding carboxylic acids is 1. The molecule has 0 radical (unpaired) electrons. The van der Waals surface area contributed by atoms with Crippen LogP contribution < -0.4 is 10.5 Å². The molecule has 0 aliphatic heterocycles. The summed E-state index contributed by atoms with van der Waals surface area (Å²) >= 11 is 4.74. The number of hydrogen-bond donors (Lipinski definition) is 1. The molecule has 5 nitrogen and oxygen atoms in total. The minimum atomic E-state index is -0.454. The Labute approximate surface area is 116 Å².